The topological polar surface area (TPSA) is 50.7 Å². The zero-order valence-electron chi connectivity index (χ0n) is 14.8. The van der Waals surface area contributed by atoms with E-state index in [1.54, 1.807) is 19.2 Å². The minimum absolute atomic E-state index is 0.308. The summed E-state index contributed by atoms with van der Waals surface area (Å²) in [5.41, 5.74) is 1.72. The number of benzene rings is 2. The maximum atomic E-state index is 12.9. The Morgan fingerprint density at radius 3 is 2.56 bits per heavy atom. The van der Waals surface area contributed by atoms with Gasteiger partial charge in [-0.05, 0) is 41.8 Å². The summed E-state index contributed by atoms with van der Waals surface area (Å²) < 4.78 is 24.0. The molecule has 2 N–H and O–H groups in total. The van der Waals surface area contributed by atoms with Gasteiger partial charge in [-0.2, -0.15) is 0 Å². The number of rotatable bonds is 10. The van der Waals surface area contributed by atoms with Crippen LogP contribution in [0.2, 0.25) is 0 Å². The van der Waals surface area contributed by atoms with Gasteiger partial charge >= 0.3 is 0 Å². The van der Waals surface area contributed by atoms with Crippen LogP contribution in [0.25, 0.3) is 0 Å². The summed E-state index contributed by atoms with van der Waals surface area (Å²) in [6.07, 6.45) is 1.41. The molecule has 1 unspecified atom stereocenters. The summed E-state index contributed by atoms with van der Waals surface area (Å²) in [5.74, 6) is 1.14. The molecule has 0 spiro atoms. The first kappa shape index (κ1) is 19.2. The van der Waals surface area contributed by atoms with E-state index in [4.69, 9.17) is 9.47 Å². The fraction of sp³-hybridized carbons (Fsp3) is 0.400. The maximum Gasteiger partial charge on any atom is 0.161 e. The molecule has 0 heterocycles. The van der Waals surface area contributed by atoms with E-state index in [1.807, 2.05) is 18.2 Å². The number of unbranched alkanes of at least 4 members (excludes halogenated alkanes) is 1. The molecule has 0 amide bonds. The molecule has 4 nitrogen and oxygen atoms in total. The summed E-state index contributed by atoms with van der Waals surface area (Å²) in [4.78, 5) is 0. The van der Waals surface area contributed by atoms with Crippen molar-refractivity contribution in [2.75, 3.05) is 20.3 Å². The highest BCUT2D eigenvalue weighted by atomic mass is 19.1. The van der Waals surface area contributed by atoms with E-state index in [0.29, 0.717) is 31.0 Å². The van der Waals surface area contributed by atoms with Gasteiger partial charge in [0.1, 0.15) is 5.82 Å². The van der Waals surface area contributed by atoms with Gasteiger partial charge in [-0.3, -0.25) is 0 Å². The zero-order valence-corrected chi connectivity index (χ0v) is 14.8. The molecule has 5 heteroatoms. The van der Waals surface area contributed by atoms with Gasteiger partial charge in [0.2, 0.25) is 0 Å². The van der Waals surface area contributed by atoms with E-state index >= 15 is 0 Å². The van der Waals surface area contributed by atoms with Crippen molar-refractivity contribution < 1.29 is 19.0 Å². The van der Waals surface area contributed by atoms with Crippen molar-refractivity contribution in [1.29, 1.82) is 0 Å². The second kappa shape index (κ2) is 10.0. The van der Waals surface area contributed by atoms with E-state index in [2.05, 4.69) is 12.2 Å². The van der Waals surface area contributed by atoms with Crippen molar-refractivity contribution in [2.24, 2.45) is 0 Å². The smallest absolute Gasteiger partial charge is 0.161 e. The molecule has 25 heavy (non-hydrogen) atoms. The quantitative estimate of drug-likeness (QED) is 0.641. The third-order valence-electron chi connectivity index (χ3n) is 3.91. The molecule has 0 saturated heterocycles. The Kier molecular flexibility index (Phi) is 7.70. The van der Waals surface area contributed by atoms with Crippen LogP contribution >= 0.6 is 0 Å². The number of hydrogen-bond donors (Lipinski definition) is 2. The molecule has 1 atom stereocenters. The van der Waals surface area contributed by atoms with Crippen LogP contribution in [0.5, 0.6) is 11.5 Å². The Morgan fingerprint density at radius 2 is 1.88 bits per heavy atom. The van der Waals surface area contributed by atoms with E-state index in [-0.39, 0.29) is 5.82 Å². The molecule has 136 valence electrons. The lowest BCUT2D eigenvalue weighted by molar-refractivity contribution is 0.174. The van der Waals surface area contributed by atoms with Crippen LogP contribution in [0.1, 0.15) is 37.0 Å². The van der Waals surface area contributed by atoms with E-state index in [9.17, 15) is 9.50 Å². The Balaban J connectivity index is 1.86. The van der Waals surface area contributed by atoms with Crippen molar-refractivity contribution in [3.63, 3.8) is 0 Å². The van der Waals surface area contributed by atoms with Gasteiger partial charge in [-0.1, -0.05) is 31.5 Å². The summed E-state index contributed by atoms with van der Waals surface area (Å²) in [6, 6.07) is 11.7. The third kappa shape index (κ3) is 6.03. The Hall–Kier alpha value is -2.11. The first-order valence-electron chi connectivity index (χ1n) is 8.58. The monoisotopic (exact) mass is 347 g/mol. The van der Waals surface area contributed by atoms with Gasteiger partial charge in [0.05, 0.1) is 19.8 Å². The number of methoxy groups -OCH3 is 1. The predicted octanol–water partition coefficient (Wildman–Crippen LogP) is 3.84. The first-order valence-corrected chi connectivity index (χ1v) is 8.58. The molecule has 0 aliphatic heterocycles. The standard InChI is InChI=1S/C20H26FNO3/c1-3-4-11-25-19-10-5-15(12-20(19)24-2)13-22-14-18(23)16-6-8-17(21)9-7-16/h5-10,12,18,22-23H,3-4,11,13-14H2,1-2H3. The van der Waals surface area contributed by atoms with Crippen molar-refractivity contribution in [3.8, 4) is 11.5 Å². The van der Waals surface area contributed by atoms with Crippen LogP contribution < -0.4 is 14.8 Å². The highest BCUT2D eigenvalue weighted by Crippen LogP contribution is 2.28. The lowest BCUT2D eigenvalue weighted by Gasteiger charge is -2.14. The van der Waals surface area contributed by atoms with Crippen LogP contribution in [0, 0.1) is 5.82 Å². The summed E-state index contributed by atoms with van der Waals surface area (Å²) in [5, 5.41) is 13.3. The zero-order chi connectivity index (χ0) is 18.1. The normalized spacial score (nSPS) is 12.0. The number of halogens is 1. The minimum Gasteiger partial charge on any atom is -0.493 e. The molecule has 2 aromatic rings. The van der Waals surface area contributed by atoms with E-state index in [1.165, 1.54) is 12.1 Å². The van der Waals surface area contributed by atoms with Gasteiger partial charge < -0.3 is 19.9 Å². The molecule has 0 fully saturated rings. The van der Waals surface area contributed by atoms with Gasteiger partial charge in [-0.25, -0.2) is 4.39 Å². The molecule has 0 bridgehead atoms. The van der Waals surface area contributed by atoms with Gasteiger partial charge in [0, 0.05) is 13.1 Å². The third-order valence-corrected chi connectivity index (χ3v) is 3.91. The van der Waals surface area contributed by atoms with Gasteiger partial charge in [-0.15, -0.1) is 0 Å². The molecule has 2 rings (SSSR count). The lowest BCUT2D eigenvalue weighted by atomic mass is 10.1. The van der Waals surface area contributed by atoms with Gasteiger partial charge in [0.15, 0.2) is 11.5 Å². The van der Waals surface area contributed by atoms with Crippen molar-refractivity contribution in [1.82, 2.24) is 5.32 Å². The Bertz CT molecular complexity index is 646. The lowest BCUT2D eigenvalue weighted by Crippen LogP contribution is -2.21. The molecule has 0 aromatic heterocycles. The molecular formula is C20H26FNO3. The second-order valence-electron chi connectivity index (χ2n) is 5.89. The molecular weight excluding hydrogens is 321 g/mol. The van der Waals surface area contributed by atoms with Crippen LogP contribution in [0.15, 0.2) is 42.5 Å². The molecule has 0 aliphatic rings. The Morgan fingerprint density at radius 1 is 1.12 bits per heavy atom. The Labute approximate surface area is 148 Å². The van der Waals surface area contributed by atoms with Crippen LogP contribution in [0.4, 0.5) is 4.39 Å². The van der Waals surface area contributed by atoms with Crippen LogP contribution in [-0.2, 0) is 6.54 Å². The number of nitrogens with one attached hydrogen (secondary N) is 1. The fourth-order valence-corrected chi connectivity index (χ4v) is 2.42. The molecule has 0 radical (unpaired) electrons. The van der Waals surface area contributed by atoms with Crippen molar-refractivity contribution >= 4 is 0 Å². The van der Waals surface area contributed by atoms with Gasteiger partial charge in [0.25, 0.3) is 0 Å². The maximum absolute atomic E-state index is 12.9. The molecule has 2 aromatic carbocycles. The number of ether oxygens (including phenoxy) is 2. The number of aliphatic hydroxyl groups is 1. The van der Waals surface area contributed by atoms with E-state index in [0.717, 1.165) is 24.2 Å². The number of hydrogen-bond acceptors (Lipinski definition) is 4. The first-order chi connectivity index (χ1) is 12.1. The van der Waals surface area contributed by atoms with Crippen LogP contribution in [-0.4, -0.2) is 25.4 Å². The summed E-state index contributed by atoms with van der Waals surface area (Å²) in [6.45, 7) is 3.76. The van der Waals surface area contributed by atoms with Crippen molar-refractivity contribution in [3.05, 3.63) is 59.4 Å². The summed E-state index contributed by atoms with van der Waals surface area (Å²) in [7, 11) is 1.62. The minimum atomic E-state index is -0.681. The average Bonchev–Trinajstić information content (AvgIpc) is 2.63. The molecule has 0 aliphatic carbocycles. The highest BCUT2D eigenvalue weighted by Gasteiger charge is 2.09. The molecule has 0 saturated carbocycles. The highest BCUT2D eigenvalue weighted by molar-refractivity contribution is 5.43. The van der Waals surface area contributed by atoms with Crippen molar-refractivity contribution in [2.45, 2.75) is 32.4 Å². The fourth-order valence-electron chi connectivity index (χ4n) is 2.42. The van der Waals surface area contributed by atoms with Crippen LogP contribution in [0.3, 0.4) is 0 Å². The largest absolute Gasteiger partial charge is 0.493 e. The second-order valence-corrected chi connectivity index (χ2v) is 5.89. The predicted molar refractivity (Wildman–Crippen MR) is 96.5 cm³/mol. The van der Waals surface area contributed by atoms with E-state index < -0.39 is 6.10 Å². The average molecular weight is 347 g/mol. The number of aliphatic hydroxyl groups excluding tert-OH is 1. The summed E-state index contributed by atoms with van der Waals surface area (Å²) >= 11 is 0. The SMILES string of the molecule is CCCCOc1ccc(CNCC(O)c2ccc(F)cc2)cc1OC.